The molecule has 3 aromatic rings. The maximum Gasteiger partial charge on any atom is 0.273 e. The van der Waals surface area contributed by atoms with E-state index < -0.39 is 49.9 Å². The predicted molar refractivity (Wildman–Crippen MR) is 160 cm³/mol. The summed E-state index contributed by atoms with van der Waals surface area (Å²) in [7, 11) is -1.81. The minimum atomic E-state index is -4.60. The number of aryl methyl sites for hydroxylation is 2. The average Bonchev–Trinajstić information content (AvgIpc) is 2.95. The van der Waals surface area contributed by atoms with Crippen molar-refractivity contribution in [2.24, 2.45) is 0 Å². The fourth-order valence-corrected chi connectivity index (χ4v) is 6.14. The number of anilines is 1. The van der Waals surface area contributed by atoms with E-state index in [1.54, 1.807) is 6.92 Å². The SMILES string of the molecule is CC[C@@H](C(=O)NC)N(Cc1cccc(C)c1)C(=O)CN(c1cc(Cl)ccc1OC)S(=O)(=O)c1ccc(C)c([N+](=O)[O-])c1. The van der Waals surface area contributed by atoms with E-state index in [-0.39, 0.29) is 35.0 Å². The molecular formula is C29H33ClN4O7S. The Morgan fingerprint density at radius 1 is 1.10 bits per heavy atom. The number of hydrogen-bond donors (Lipinski definition) is 1. The summed E-state index contributed by atoms with van der Waals surface area (Å²) in [6.45, 7) is 4.41. The summed E-state index contributed by atoms with van der Waals surface area (Å²) < 4.78 is 34.5. The number of sulfonamides is 1. The summed E-state index contributed by atoms with van der Waals surface area (Å²) in [4.78, 5) is 38.8. The van der Waals surface area contributed by atoms with Crippen molar-refractivity contribution >= 4 is 44.8 Å². The molecule has 224 valence electrons. The third kappa shape index (κ3) is 7.18. The van der Waals surface area contributed by atoms with Crippen LogP contribution in [0.3, 0.4) is 0 Å². The first kappa shape index (κ1) is 32.4. The highest BCUT2D eigenvalue weighted by atomic mass is 35.5. The van der Waals surface area contributed by atoms with E-state index in [9.17, 15) is 28.1 Å². The van der Waals surface area contributed by atoms with E-state index in [1.165, 1.54) is 56.3 Å². The summed E-state index contributed by atoms with van der Waals surface area (Å²) in [6.07, 6.45) is 0.259. The Labute approximate surface area is 250 Å². The van der Waals surface area contributed by atoms with Crippen molar-refractivity contribution in [3.8, 4) is 5.75 Å². The van der Waals surface area contributed by atoms with Crippen molar-refractivity contribution in [3.63, 3.8) is 0 Å². The minimum absolute atomic E-state index is 0.0308. The fourth-order valence-electron chi connectivity index (χ4n) is 4.54. The number of rotatable bonds is 12. The van der Waals surface area contributed by atoms with Gasteiger partial charge in [0, 0.05) is 30.2 Å². The number of amides is 2. The zero-order chi connectivity index (χ0) is 31.2. The number of carbonyl (C=O) groups is 2. The van der Waals surface area contributed by atoms with Crippen molar-refractivity contribution in [3.05, 3.63) is 92.5 Å². The van der Waals surface area contributed by atoms with Gasteiger partial charge >= 0.3 is 0 Å². The molecule has 42 heavy (non-hydrogen) atoms. The zero-order valence-electron chi connectivity index (χ0n) is 24.0. The van der Waals surface area contributed by atoms with Gasteiger partial charge in [-0.3, -0.25) is 24.0 Å². The van der Waals surface area contributed by atoms with Gasteiger partial charge in [-0.25, -0.2) is 8.42 Å². The lowest BCUT2D eigenvalue weighted by Gasteiger charge is -2.33. The van der Waals surface area contributed by atoms with E-state index in [4.69, 9.17) is 16.3 Å². The lowest BCUT2D eigenvalue weighted by molar-refractivity contribution is -0.385. The molecule has 3 aromatic carbocycles. The molecule has 3 rings (SSSR count). The second-order valence-corrected chi connectivity index (χ2v) is 11.9. The number of nitro benzene ring substituents is 1. The van der Waals surface area contributed by atoms with Gasteiger partial charge in [0.05, 0.1) is 22.6 Å². The normalized spacial score (nSPS) is 11.9. The Morgan fingerprint density at radius 3 is 2.40 bits per heavy atom. The number of nitrogens with zero attached hydrogens (tertiary/aromatic N) is 3. The summed E-state index contributed by atoms with van der Waals surface area (Å²) in [5.74, 6) is -0.998. The number of likely N-dealkylation sites (N-methyl/N-ethyl adjacent to an activating group) is 1. The molecule has 13 heteroatoms. The molecule has 0 aliphatic rings. The van der Waals surface area contributed by atoms with Crippen molar-refractivity contribution in [1.29, 1.82) is 0 Å². The molecule has 0 saturated carbocycles. The first-order valence-electron chi connectivity index (χ1n) is 13.0. The number of benzene rings is 3. The Morgan fingerprint density at radius 2 is 1.81 bits per heavy atom. The molecule has 0 aliphatic carbocycles. The molecule has 1 N–H and O–H groups in total. The summed E-state index contributed by atoms with van der Waals surface area (Å²) >= 11 is 6.24. The van der Waals surface area contributed by atoms with Crippen LogP contribution >= 0.6 is 11.6 Å². The smallest absolute Gasteiger partial charge is 0.273 e. The molecule has 0 heterocycles. The first-order chi connectivity index (χ1) is 19.8. The summed E-state index contributed by atoms with van der Waals surface area (Å²) in [6, 6.07) is 14.3. The number of halogens is 1. The van der Waals surface area contributed by atoms with Gasteiger partial charge in [-0.2, -0.15) is 0 Å². The van der Waals surface area contributed by atoms with Crippen LogP contribution in [0.25, 0.3) is 0 Å². The molecule has 0 aliphatic heterocycles. The van der Waals surface area contributed by atoms with E-state index in [0.29, 0.717) is 0 Å². The highest BCUT2D eigenvalue weighted by molar-refractivity contribution is 7.92. The largest absolute Gasteiger partial charge is 0.495 e. The van der Waals surface area contributed by atoms with E-state index in [1.807, 2.05) is 31.2 Å². The third-order valence-corrected chi connectivity index (χ3v) is 8.71. The second-order valence-electron chi connectivity index (χ2n) is 9.58. The van der Waals surface area contributed by atoms with E-state index in [2.05, 4.69) is 5.32 Å². The number of ether oxygens (including phenoxy) is 1. The van der Waals surface area contributed by atoms with Crippen LogP contribution in [0.1, 0.15) is 30.0 Å². The van der Waals surface area contributed by atoms with Gasteiger partial charge < -0.3 is 15.0 Å². The van der Waals surface area contributed by atoms with Gasteiger partial charge in [-0.15, -0.1) is 0 Å². The topological polar surface area (TPSA) is 139 Å². The standard InChI is InChI=1S/C29H33ClN4O7S/c1-6-24(29(36)31-4)32(17-21-9-7-8-19(2)14-21)28(35)18-33(26-15-22(30)11-13-27(26)41-5)42(39,40)23-12-10-20(3)25(16-23)34(37)38/h7-16,24H,6,17-18H2,1-5H3,(H,31,36)/t24-/m0/s1. The molecular weight excluding hydrogens is 584 g/mol. The number of carbonyl (C=O) groups excluding carboxylic acids is 2. The number of methoxy groups -OCH3 is 1. The van der Waals surface area contributed by atoms with Crippen LogP contribution in [0.4, 0.5) is 11.4 Å². The minimum Gasteiger partial charge on any atom is -0.495 e. The molecule has 0 unspecified atom stereocenters. The monoisotopic (exact) mass is 616 g/mol. The third-order valence-electron chi connectivity index (χ3n) is 6.72. The second kappa shape index (κ2) is 13.7. The summed E-state index contributed by atoms with van der Waals surface area (Å²) in [5, 5.41) is 14.4. The van der Waals surface area contributed by atoms with Crippen LogP contribution in [0.2, 0.25) is 5.02 Å². The molecule has 0 radical (unpaired) electrons. The van der Waals surface area contributed by atoms with Gasteiger partial charge in [0.2, 0.25) is 11.8 Å². The van der Waals surface area contributed by atoms with Gasteiger partial charge in [-0.1, -0.05) is 54.4 Å². The van der Waals surface area contributed by atoms with Gasteiger partial charge in [-0.05, 0) is 50.1 Å². The van der Waals surface area contributed by atoms with Crippen molar-refractivity contribution in [2.45, 2.75) is 44.7 Å². The molecule has 1 atom stereocenters. The predicted octanol–water partition coefficient (Wildman–Crippen LogP) is 4.62. The highest BCUT2D eigenvalue weighted by Gasteiger charge is 2.35. The molecule has 2 amide bonds. The van der Waals surface area contributed by atoms with Crippen LogP contribution in [-0.4, -0.2) is 56.8 Å². The number of nitrogens with one attached hydrogen (secondary N) is 1. The lowest BCUT2D eigenvalue weighted by atomic mass is 10.1. The number of nitro groups is 1. The Bertz CT molecular complexity index is 1600. The maximum absolute atomic E-state index is 14.1. The quantitative estimate of drug-likeness (QED) is 0.231. The Hall–Kier alpha value is -4.16. The highest BCUT2D eigenvalue weighted by Crippen LogP contribution is 2.36. The van der Waals surface area contributed by atoms with Gasteiger partial charge in [0.15, 0.2) is 0 Å². The van der Waals surface area contributed by atoms with Crippen molar-refractivity contribution < 1.29 is 27.7 Å². The number of hydrogen-bond acceptors (Lipinski definition) is 7. The Kier molecular flexibility index (Phi) is 10.5. The molecule has 0 spiro atoms. The van der Waals surface area contributed by atoms with Crippen LogP contribution in [0, 0.1) is 24.0 Å². The van der Waals surface area contributed by atoms with E-state index >= 15 is 0 Å². The molecule has 0 bridgehead atoms. The maximum atomic E-state index is 14.1. The fraction of sp³-hybridized carbons (Fsp3) is 0.310. The van der Waals surface area contributed by atoms with Crippen molar-refractivity contribution in [2.75, 3.05) is 25.0 Å². The Balaban J connectivity index is 2.19. The van der Waals surface area contributed by atoms with Crippen LogP contribution < -0.4 is 14.4 Å². The van der Waals surface area contributed by atoms with E-state index in [0.717, 1.165) is 21.5 Å². The summed E-state index contributed by atoms with van der Waals surface area (Å²) in [5.41, 5.74) is 1.51. The lowest BCUT2D eigenvalue weighted by Crippen LogP contribution is -2.51. The van der Waals surface area contributed by atoms with Crippen LogP contribution in [0.5, 0.6) is 5.75 Å². The van der Waals surface area contributed by atoms with Crippen LogP contribution in [0.15, 0.2) is 65.6 Å². The molecule has 0 aromatic heterocycles. The van der Waals surface area contributed by atoms with Gasteiger partial charge in [0.1, 0.15) is 18.3 Å². The van der Waals surface area contributed by atoms with Crippen LogP contribution in [-0.2, 0) is 26.2 Å². The molecule has 11 nitrogen and oxygen atoms in total. The first-order valence-corrected chi connectivity index (χ1v) is 14.8. The van der Waals surface area contributed by atoms with Crippen molar-refractivity contribution in [1.82, 2.24) is 10.2 Å². The molecule has 0 fully saturated rings. The average molecular weight is 617 g/mol. The molecule has 0 saturated heterocycles. The van der Waals surface area contributed by atoms with Gasteiger partial charge in [0.25, 0.3) is 15.7 Å². The zero-order valence-corrected chi connectivity index (χ0v) is 25.5.